The molecule has 9 nitrogen and oxygen atoms in total. The van der Waals surface area contributed by atoms with Crippen LogP contribution < -0.4 is 20.7 Å². The van der Waals surface area contributed by atoms with Gasteiger partial charge >= 0.3 is 11.7 Å². The van der Waals surface area contributed by atoms with Crippen molar-refractivity contribution < 1.29 is 19.0 Å². The third-order valence-electron chi connectivity index (χ3n) is 4.22. The summed E-state index contributed by atoms with van der Waals surface area (Å²) in [5, 5.41) is 4.37. The largest absolute Gasteiger partial charge is 0.493 e. The van der Waals surface area contributed by atoms with Gasteiger partial charge in [0, 0.05) is 10.0 Å². The van der Waals surface area contributed by atoms with Crippen molar-refractivity contribution in [3.63, 3.8) is 0 Å². The smallest absolute Gasteiger partial charge is 0.349 e. The van der Waals surface area contributed by atoms with E-state index in [2.05, 4.69) is 30.8 Å². The number of esters is 1. The van der Waals surface area contributed by atoms with E-state index in [0.29, 0.717) is 32.4 Å². The number of carbonyl (C=O) groups excluding carboxylic acids is 1. The van der Waals surface area contributed by atoms with E-state index < -0.39 is 23.3 Å². The normalized spacial score (nSPS) is 12.1. The summed E-state index contributed by atoms with van der Waals surface area (Å²) in [5.41, 5.74) is -0.252. The molecule has 0 aliphatic carbocycles. The number of para-hydroxylation sites is 1. The Bertz CT molecular complexity index is 1250. The van der Waals surface area contributed by atoms with Gasteiger partial charge in [-0.15, -0.1) is 4.68 Å². The lowest BCUT2D eigenvalue weighted by atomic mass is 10.2. The van der Waals surface area contributed by atoms with Crippen molar-refractivity contribution >= 4 is 39.0 Å². The molecule has 1 atom stereocenters. The van der Waals surface area contributed by atoms with Gasteiger partial charge in [-0.3, -0.25) is 4.79 Å². The second-order valence-corrected chi connectivity index (χ2v) is 7.00. The summed E-state index contributed by atoms with van der Waals surface area (Å²) in [6.07, 6.45) is 0.496. The topological polar surface area (TPSA) is 112 Å². The van der Waals surface area contributed by atoms with Crippen molar-refractivity contribution in [2.24, 2.45) is 5.10 Å². The Kier molecular flexibility index (Phi) is 6.36. The second-order valence-electron chi connectivity index (χ2n) is 6.15. The van der Waals surface area contributed by atoms with Crippen LogP contribution in [0.25, 0.3) is 10.9 Å². The summed E-state index contributed by atoms with van der Waals surface area (Å²) < 4.78 is 16.8. The first kappa shape index (κ1) is 21.3. The number of hydrogen-bond acceptors (Lipinski definition) is 7. The number of benzene rings is 2. The number of nitrogens with one attached hydrogen (secondary N) is 1. The number of H-pyrrole nitrogens is 1. The molecule has 0 saturated heterocycles. The number of nitrogens with zero attached hydrogens (tertiary/aromatic N) is 2. The lowest BCUT2D eigenvalue weighted by Gasteiger charge is -2.16. The second kappa shape index (κ2) is 8.95. The molecule has 2 aromatic carbocycles. The summed E-state index contributed by atoms with van der Waals surface area (Å²) in [5.74, 6) is 0.101. The fourth-order valence-electron chi connectivity index (χ4n) is 2.68. The highest BCUT2D eigenvalue weighted by Gasteiger charge is 2.18. The Morgan fingerprint density at radius 1 is 1.20 bits per heavy atom. The van der Waals surface area contributed by atoms with Crippen LogP contribution in [0.5, 0.6) is 11.5 Å². The van der Waals surface area contributed by atoms with Crippen molar-refractivity contribution in [2.75, 3.05) is 14.2 Å². The minimum atomic E-state index is -0.843. The van der Waals surface area contributed by atoms with Gasteiger partial charge in [0.1, 0.15) is 0 Å². The van der Waals surface area contributed by atoms with Gasteiger partial charge in [-0.2, -0.15) is 5.10 Å². The molecule has 1 heterocycles. The first-order chi connectivity index (χ1) is 14.3. The Morgan fingerprint density at radius 2 is 1.93 bits per heavy atom. The van der Waals surface area contributed by atoms with Crippen LogP contribution in [0.2, 0.25) is 0 Å². The van der Waals surface area contributed by atoms with Gasteiger partial charge in [0.05, 0.1) is 31.3 Å². The molecule has 0 bridgehead atoms. The summed E-state index contributed by atoms with van der Waals surface area (Å²) in [6, 6.07) is 9.85. The fraction of sp³-hybridized carbons (Fsp3) is 0.200. The molecule has 0 amide bonds. The predicted octanol–water partition coefficient (Wildman–Crippen LogP) is 2.28. The summed E-state index contributed by atoms with van der Waals surface area (Å²) in [7, 11) is 2.71. The van der Waals surface area contributed by atoms with E-state index in [1.807, 2.05) is 0 Å². The zero-order valence-corrected chi connectivity index (χ0v) is 17.9. The maximum absolute atomic E-state index is 12.6. The average Bonchev–Trinajstić information content (AvgIpc) is 2.74. The summed E-state index contributed by atoms with van der Waals surface area (Å²) in [4.78, 5) is 39.0. The van der Waals surface area contributed by atoms with E-state index in [9.17, 15) is 14.4 Å². The SMILES string of the molecule is COC(=O)C(C)Oc1cc(Br)c(C=Nn2c(=O)[nH]c3ccccc3c2=O)cc1OC. The van der Waals surface area contributed by atoms with Crippen LogP contribution in [-0.4, -0.2) is 42.2 Å². The van der Waals surface area contributed by atoms with Crippen LogP contribution in [0.15, 0.2) is 55.6 Å². The third kappa shape index (κ3) is 4.28. The standard InChI is InChI=1S/C20H18BrN3O6/c1-11(19(26)29-3)30-17-9-14(21)12(8-16(17)28-2)10-22-24-18(25)13-6-4-5-7-15(13)23-20(24)27/h4-11H,1-3H3,(H,23,27). The Labute approximate surface area is 179 Å². The summed E-state index contributed by atoms with van der Waals surface area (Å²) >= 11 is 3.39. The molecule has 0 spiro atoms. The molecule has 1 N–H and O–H groups in total. The molecular formula is C20H18BrN3O6. The number of methoxy groups -OCH3 is 2. The summed E-state index contributed by atoms with van der Waals surface area (Å²) in [6.45, 7) is 1.55. The number of aromatic amines is 1. The Balaban J connectivity index is 1.99. The Morgan fingerprint density at radius 3 is 2.63 bits per heavy atom. The van der Waals surface area contributed by atoms with E-state index in [0.717, 1.165) is 4.68 Å². The zero-order chi connectivity index (χ0) is 21.8. The molecular weight excluding hydrogens is 458 g/mol. The predicted molar refractivity (Wildman–Crippen MR) is 115 cm³/mol. The lowest BCUT2D eigenvalue weighted by molar-refractivity contribution is -0.147. The van der Waals surface area contributed by atoms with Gasteiger partial charge in [-0.05, 0) is 47.1 Å². The average molecular weight is 476 g/mol. The molecule has 0 radical (unpaired) electrons. The van der Waals surface area contributed by atoms with E-state index >= 15 is 0 Å². The van der Waals surface area contributed by atoms with E-state index in [1.165, 1.54) is 20.4 Å². The molecule has 0 fully saturated rings. The van der Waals surface area contributed by atoms with Crippen LogP contribution >= 0.6 is 15.9 Å². The maximum Gasteiger partial charge on any atom is 0.349 e. The molecule has 0 saturated carbocycles. The molecule has 1 aromatic heterocycles. The highest BCUT2D eigenvalue weighted by atomic mass is 79.9. The van der Waals surface area contributed by atoms with Crippen molar-refractivity contribution in [2.45, 2.75) is 13.0 Å². The number of carbonyl (C=O) groups is 1. The molecule has 3 rings (SSSR count). The molecule has 1 unspecified atom stereocenters. The number of halogens is 1. The molecule has 3 aromatic rings. The lowest BCUT2D eigenvalue weighted by Crippen LogP contribution is -2.32. The highest BCUT2D eigenvalue weighted by Crippen LogP contribution is 2.33. The monoisotopic (exact) mass is 475 g/mol. The van der Waals surface area contributed by atoms with Crippen LogP contribution in [-0.2, 0) is 9.53 Å². The Hall–Kier alpha value is -3.40. The van der Waals surface area contributed by atoms with Crippen molar-refractivity contribution in [3.05, 3.63) is 67.3 Å². The van der Waals surface area contributed by atoms with Crippen molar-refractivity contribution in [3.8, 4) is 11.5 Å². The fourth-order valence-corrected chi connectivity index (χ4v) is 3.11. The molecule has 30 heavy (non-hydrogen) atoms. The molecule has 0 aliphatic heterocycles. The number of rotatable bonds is 6. The van der Waals surface area contributed by atoms with Crippen LogP contribution in [0.1, 0.15) is 12.5 Å². The van der Waals surface area contributed by atoms with Gasteiger partial charge in [0.25, 0.3) is 5.56 Å². The first-order valence-corrected chi connectivity index (χ1v) is 9.55. The van der Waals surface area contributed by atoms with Gasteiger partial charge in [-0.25, -0.2) is 9.59 Å². The van der Waals surface area contributed by atoms with Gasteiger partial charge in [0.15, 0.2) is 17.6 Å². The molecule has 0 aliphatic rings. The number of ether oxygens (including phenoxy) is 3. The zero-order valence-electron chi connectivity index (χ0n) is 16.3. The van der Waals surface area contributed by atoms with E-state index in [4.69, 9.17) is 9.47 Å². The van der Waals surface area contributed by atoms with Crippen molar-refractivity contribution in [1.29, 1.82) is 0 Å². The van der Waals surface area contributed by atoms with Gasteiger partial charge < -0.3 is 19.2 Å². The van der Waals surface area contributed by atoms with Crippen LogP contribution in [0.3, 0.4) is 0 Å². The van der Waals surface area contributed by atoms with Gasteiger partial charge in [-0.1, -0.05) is 12.1 Å². The maximum atomic E-state index is 12.6. The first-order valence-electron chi connectivity index (χ1n) is 8.76. The number of hydrogen-bond donors (Lipinski definition) is 1. The highest BCUT2D eigenvalue weighted by molar-refractivity contribution is 9.10. The molecule has 156 valence electrons. The quantitative estimate of drug-likeness (QED) is 0.432. The van der Waals surface area contributed by atoms with E-state index in [-0.39, 0.29) is 0 Å². The van der Waals surface area contributed by atoms with Crippen LogP contribution in [0, 0.1) is 0 Å². The number of aromatic nitrogens is 2. The minimum absolute atomic E-state index is 0.306. The minimum Gasteiger partial charge on any atom is -0.493 e. The van der Waals surface area contributed by atoms with Crippen LogP contribution in [0.4, 0.5) is 0 Å². The molecule has 10 heteroatoms. The number of fused-ring (bicyclic) bond motifs is 1. The van der Waals surface area contributed by atoms with E-state index in [1.54, 1.807) is 43.3 Å². The van der Waals surface area contributed by atoms with Crippen molar-refractivity contribution in [1.82, 2.24) is 9.66 Å². The van der Waals surface area contributed by atoms with Gasteiger partial charge in [0.2, 0.25) is 0 Å². The third-order valence-corrected chi connectivity index (χ3v) is 4.90.